The van der Waals surface area contributed by atoms with Crippen LogP contribution in [0.1, 0.15) is 46.1 Å². The van der Waals surface area contributed by atoms with Crippen LogP contribution in [-0.2, 0) is 12.5 Å². The number of aryl methyl sites for hydroxylation is 1. The first-order valence-electron chi connectivity index (χ1n) is 7.61. The molecule has 0 N–H and O–H groups in total. The molecular weight excluding hydrogens is 244 g/mol. The Morgan fingerprint density at radius 3 is 2.50 bits per heavy atom. The maximum atomic E-state index is 4.54. The van der Waals surface area contributed by atoms with Gasteiger partial charge in [-0.15, -0.1) is 0 Å². The highest BCUT2D eigenvalue weighted by molar-refractivity contribution is 5.63. The Morgan fingerprint density at radius 1 is 1.25 bits per heavy atom. The molecule has 0 saturated heterocycles. The second kappa shape index (κ2) is 5.82. The van der Waals surface area contributed by atoms with Gasteiger partial charge in [0.15, 0.2) is 0 Å². The normalized spacial score (nSPS) is 15.8. The standard InChI is InChI=1S/C18H26N2/c1-6-14(3)18(4,7-2)16-11-9-8-10-15(16)17-19-12-13-20(17)5/h8-14H,6-7H2,1-5H3. The van der Waals surface area contributed by atoms with Gasteiger partial charge >= 0.3 is 0 Å². The fourth-order valence-corrected chi connectivity index (χ4v) is 3.06. The zero-order valence-corrected chi connectivity index (χ0v) is 13.4. The third-order valence-corrected chi connectivity index (χ3v) is 5.04. The first-order chi connectivity index (χ1) is 9.54. The van der Waals surface area contributed by atoms with Crippen molar-refractivity contribution in [2.45, 2.75) is 46.0 Å². The van der Waals surface area contributed by atoms with E-state index in [1.165, 1.54) is 17.5 Å². The van der Waals surface area contributed by atoms with Crippen molar-refractivity contribution in [3.8, 4) is 11.4 Å². The van der Waals surface area contributed by atoms with Gasteiger partial charge < -0.3 is 4.57 Å². The van der Waals surface area contributed by atoms with Gasteiger partial charge in [0.25, 0.3) is 0 Å². The number of hydrogen-bond acceptors (Lipinski definition) is 1. The van der Waals surface area contributed by atoms with E-state index in [4.69, 9.17) is 0 Å². The summed E-state index contributed by atoms with van der Waals surface area (Å²) in [5, 5.41) is 0. The van der Waals surface area contributed by atoms with Crippen molar-refractivity contribution in [1.29, 1.82) is 0 Å². The summed E-state index contributed by atoms with van der Waals surface area (Å²) in [6.07, 6.45) is 6.22. The second-order valence-corrected chi connectivity index (χ2v) is 5.99. The molecule has 2 unspecified atom stereocenters. The van der Waals surface area contributed by atoms with Gasteiger partial charge in [-0.2, -0.15) is 0 Å². The zero-order chi connectivity index (χ0) is 14.8. The van der Waals surface area contributed by atoms with Crippen molar-refractivity contribution in [2.75, 3.05) is 0 Å². The lowest BCUT2D eigenvalue weighted by atomic mass is 9.68. The molecular formula is C18H26N2. The highest BCUT2D eigenvalue weighted by Crippen LogP contribution is 2.41. The highest BCUT2D eigenvalue weighted by atomic mass is 15.0. The molecule has 0 aliphatic carbocycles. The van der Waals surface area contributed by atoms with Gasteiger partial charge in [-0.25, -0.2) is 4.98 Å². The van der Waals surface area contributed by atoms with Crippen molar-refractivity contribution in [2.24, 2.45) is 13.0 Å². The van der Waals surface area contributed by atoms with E-state index in [2.05, 4.69) is 68.6 Å². The van der Waals surface area contributed by atoms with Crippen LogP contribution in [0.3, 0.4) is 0 Å². The molecule has 0 amide bonds. The third-order valence-electron chi connectivity index (χ3n) is 5.04. The molecule has 0 aliphatic rings. The van der Waals surface area contributed by atoms with Crippen molar-refractivity contribution in [3.63, 3.8) is 0 Å². The SMILES string of the molecule is CCC(C)C(C)(CC)c1ccccc1-c1nccn1C. The quantitative estimate of drug-likeness (QED) is 0.763. The molecule has 0 saturated carbocycles. The second-order valence-electron chi connectivity index (χ2n) is 5.99. The molecule has 0 bridgehead atoms. The first-order valence-corrected chi connectivity index (χ1v) is 7.61. The van der Waals surface area contributed by atoms with Crippen LogP contribution < -0.4 is 0 Å². The minimum Gasteiger partial charge on any atom is -0.334 e. The van der Waals surface area contributed by atoms with E-state index in [1.54, 1.807) is 0 Å². The highest BCUT2D eigenvalue weighted by Gasteiger charge is 2.32. The van der Waals surface area contributed by atoms with E-state index in [9.17, 15) is 0 Å². The Balaban J connectivity index is 2.61. The van der Waals surface area contributed by atoms with Crippen LogP contribution in [0.2, 0.25) is 0 Å². The summed E-state index contributed by atoms with van der Waals surface area (Å²) < 4.78 is 2.10. The van der Waals surface area contributed by atoms with E-state index in [0.717, 1.165) is 12.2 Å². The van der Waals surface area contributed by atoms with Crippen LogP contribution in [0.15, 0.2) is 36.7 Å². The number of imidazole rings is 1. The van der Waals surface area contributed by atoms with E-state index < -0.39 is 0 Å². The summed E-state index contributed by atoms with van der Waals surface area (Å²) in [4.78, 5) is 4.54. The summed E-state index contributed by atoms with van der Waals surface area (Å²) in [6, 6.07) is 8.74. The third kappa shape index (κ3) is 2.39. The monoisotopic (exact) mass is 270 g/mol. The van der Waals surface area contributed by atoms with Gasteiger partial charge in [0.2, 0.25) is 0 Å². The molecule has 0 radical (unpaired) electrons. The fraction of sp³-hybridized carbons (Fsp3) is 0.500. The number of rotatable bonds is 5. The Labute approximate surface area is 122 Å². The van der Waals surface area contributed by atoms with E-state index >= 15 is 0 Å². The van der Waals surface area contributed by atoms with Crippen molar-refractivity contribution < 1.29 is 0 Å². The Kier molecular flexibility index (Phi) is 4.32. The lowest BCUT2D eigenvalue weighted by Crippen LogP contribution is -2.30. The molecule has 108 valence electrons. The molecule has 1 aromatic heterocycles. The number of hydrogen-bond donors (Lipinski definition) is 0. The molecule has 0 fully saturated rings. The summed E-state index contributed by atoms with van der Waals surface area (Å²) in [5.74, 6) is 1.71. The molecule has 0 aliphatic heterocycles. The van der Waals surface area contributed by atoms with Gasteiger partial charge in [0.1, 0.15) is 5.82 Å². The van der Waals surface area contributed by atoms with E-state index in [1.807, 2.05) is 12.4 Å². The average molecular weight is 270 g/mol. The predicted octanol–water partition coefficient (Wildman–Crippen LogP) is 4.80. The van der Waals surface area contributed by atoms with E-state index in [0.29, 0.717) is 5.92 Å². The molecule has 2 nitrogen and oxygen atoms in total. The smallest absolute Gasteiger partial charge is 0.139 e. The topological polar surface area (TPSA) is 17.8 Å². The maximum Gasteiger partial charge on any atom is 0.139 e. The Hall–Kier alpha value is -1.57. The largest absolute Gasteiger partial charge is 0.334 e. The lowest BCUT2D eigenvalue weighted by molar-refractivity contribution is 0.296. The lowest BCUT2D eigenvalue weighted by Gasteiger charge is -2.36. The van der Waals surface area contributed by atoms with Crippen LogP contribution in [0.25, 0.3) is 11.4 Å². The summed E-state index contributed by atoms with van der Waals surface area (Å²) in [6.45, 7) is 9.32. The number of nitrogens with zero attached hydrogens (tertiary/aromatic N) is 2. The Morgan fingerprint density at radius 2 is 1.95 bits per heavy atom. The van der Waals surface area contributed by atoms with Gasteiger partial charge in [-0.3, -0.25) is 0 Å². The van der Waals surface area contributed by atoms with Crippen molar-refractivity contribution in [1.82, 2.24) is 9.55 Å². The van der Waals surface area contributed by atoms with Gasteiger partial charge in [0.05, 0.1) is 0 Å². The van der Waals surface area contributed by atoms with Crippen molar-refractivity contribution >= 4 is 0 Å². The zero-order valence-electron chi connectivity index (χ0n) is 13.4. The van der Waals surface area contributed by atoms with Gasteiger partial charge in [0, 0.05) is 25.0 Å². The van der Waals surface area contributed by atoms with E-state index in [-0.39, 0.29) is 5.41 Å². The summed E-state index contributed by atoms with van der Waals surface area (Å²) >= 11 is 0. The molecule has 0 spiro atoms. The van der Waals surface area contributed by atoms with Crippen LogP contribution in [0.5, 0.6) is 0 Å². The summed E-state index contributed by atoms with van der Waals surface area (Å²) in [5.41, 5.74) is 2.88. The molecule has 2 aromatic rings. The fourth-order valence-electron chi connectivity index (χ4n) is 3.06. The first kappa shape index (κ1) is 14.8. The summed E-state index contributed by atoms with van der Waals surface area (Å²) in [7, 11) is 2.06. The Bertz CT molecular complexity index is 570. The minimum absolute atomic E-state index is 0.192. The number of benzene rings is 1. The van der Waals surface area contributed by atoms with Gasteiger partial charge in [-0.05, 0) is 23.3 Å². The van der Waals surface area contributed by atoms with Crippen LogP contribution in [0, 0.1) is 5.92 Å². The van der Waals surface area contributed by atoms with Gasteiger partial charge in [-0.1, -0.05) is 58.4 Å². The van der Waals surface area contributed by atoms with Crippen LogP contribution in [0.4, 0.5) is 0 Å². The number of aromatic nitrogens is 2. The van der Waals surface area contributed by atoms with Crippen LogP contribution >= 0.6 is 0 Å². The average Bonchev–Trinajstić information content (AvgIpc) is 2.91. The molecule has 2 atom stereocenters. The molecule has 1 heterocycles. The maximum absolute atomic E-state index is 4.54. The minimum atomic E-state index is 0.192. The molecule has 1 aromatic carbocycles. The van der Waals surface area contributed by atoms with Crippen molar-refractivity contribution in [3.05, 3.63) is 42.2 Å². The molecule has 20 heavy (non-hydrogen) atoms. The molecule has 2 heteroatoms. The van der Waals surface area contributed by atoms with Crippen LogP contribution in [-0.4, -0.2) is 9.55 Å². The predicted molar refractivity (Wildman–Crippen MR) is 85.7 cm³/mol. The molecule has 2 rings (SSSR count).